The summed E-state index contributed by atoms with van der Waals surface area (Å²) in [7, 11) is 0. The lowest BCUT2D eigenvalue weighted by molar-refractivity contribution is -0.133. The highest BCUT2D eigenvalue weighted by atomic mass is 19.1. The van der Waals surface area contributed by atoms with Gasteiger partial charge in [0.05, 0.1) is 23.2 Å². The van der Waals surface area contributed by atoms with Gasteiger partial charge in [-0.25, -0.2) is 8.78 Å². The molecule has 2 fully saturated rings. The molecule has 1 saturated heterocycles. The molecule has 2 aliphatic rings. The first-order valence-corrected chi connectivity index (χ1v) is 14.1. The molecule has 1 N–H and O–H groups in total. The van der Waals surface area contributed by atoms with E-state index in [4.69, 9.17) is 0 Å². The van der Waals surface area contributed by atoms with Crippen molar-refractivity contribution in [3.8, 4) is 5.69 Å². The zero-order valence-corrected chi connectivity index (χ0v) is 23.0. The molecule has 41 heavy (non-hydrogen) atoms. The highest BCUT2D eigenvalue weighted by molar-refractivity contribution is 6.08. The molecule has 0 bridgehead atoms. The van der Waals surface area contributed by atoms with Crippen molar-refractivity contribution in [1.82, 2.24) is 14.8 Å². The minimum absolute atomic E-state index is 0.0120. The summed E-state index contributed by atoms with van der Waals surface area (Å²) in [6, 6.07) is 18.7. The van der Waals surface area contributed by atoms with E-state index in [9.17, 15) is 18.8 Å². The van der Waals surface area contributed by atoms with Gasteiger partial charge in [0, 0.05) is 30.6 Å². The molecule has 6 nitrogen and oxygen atoms in total. The van der Waals surface area contributed by atoms with Crippen LogP contribution in [0.15, 0.2) is 77.6 Å². The summed E-state index contributed by atoms with van der Waals surface area (Å²) in [5, 5.41) is 2.74. The zero-order chi connectivity index (χ0) is 28.9. The molecule has 0 radical (unpaired) electrons. The van der Waals surface area contributed by atoms with Crippen LogP contribution < -0.4 is 10.9 Å². The van der Waals surface area contributed by atoms with Crippen LogP contribution in [0, 0.1) is 17.6 Å². The van der Waals surface area contributed by atoms with Crippen LogP contribution in [0.4, 0.5) is 8.78 Å². The van der Waals surface area contributed by atoms with Gasteiger partial charge < -0.3 is 10.2 Å². The Bertz CT molecular complexity index is 1630. The summed E-state index contributed by atoms with van der Waals surface area (Å²) in [5.41, 5.74) is 0.790. The Labute approximate surface area is 237 Å². The van der Waals surface area contributed by atoms with Crippen molar-refractivity contribution in [2.24, 2.45) is 5.92 Å². The smallest absolute Gasteiger partial charge is 0.266 e. The van der Waals surface area contributed by atoms with Crippen molar-refractivity contribution in [3.05, 3.63) is 112 Å². The van der Waals surface area contributed by atoms with Gasteiger partial charge in [0.2, 0.25) is 5.91 Å². The minimum Gasteiger partial charge on any atom is -0.348 e. The van der Waals surface area contributed by atoms with Crippen LogP contribution in [-0.2, 0) is 17.9 Å². The van der Waals surface area contributed by atoms with Gasteiger partial charge in [0.15, 0.2) is 0 Å². The zero-order valence-electron chi connectivity index (χ0n) is 23.0. The first-order chi connectivity index (χ1) is 19.8. The number of nitrogens with zero attached hydrogens (tertiary/aromatic N) is 2. The fraction of sp³-hybridized carbons (Fsp3) is 0.303. The molecule has 0 spiro atoms. The average molecular weight is 558 g/mol. The molecule has 212 valence electrons. The molecule has 8 heteroatoms. The minimum atomic E-state index is -0.744. The molecule has 4 aromatic rings. The normalized spacial score (nSPS) is 14.9. The first-order valence-electron chi connectivity index (χ1n) is 14.1. The van der Waals surface area contributed by atoms with E-state index in [1.807, 2.05) is 0 Å². The Balaban J connectivity index is 0.000000777. The van der Waals surface area contributed by atoms with Crippen molar-refractivity contribution in [2.45, 2.75) is 52.1 Å². The van der Waals surface area contributed by atoms with Gasteiger partial charge in [-0.1, -0.05) is 62.2 Å². The van der Waals surface area contributed by atoms with Gasteiger partial charge in [-0.15, -0.1) is 0 Å². The average Bonchev–Trinajstić information content (AvgIpc) is 3.76. The van der Waals surface area contributed by atoms with E-state index in [2.05, 4.69) is 12.2 Å². The highest BCUT2D eigenvalue weighted by Gasteiger charge is 2.28. The van der Waals surface area contributed by atoms with Gasteiger partial charge in [-0.05, 0) is 54.7 Å². The number of amides is 2. The number of nitrogens with one attached hydrogen (secondary N) is 1. The van der Waals surface area contributed by atoms with E-state index >= 15 is 4.39 Å². The van der Waals surface area contributed by atoms with Crippen molar-refractivity contribution in [3.63, 3.8) is 0 Å². The molecule has 3 aromatic carbocycles. The number of rotatable bonds is 6. The largest absolute Gasteiger partial charge is 0.348 e. The van der Waals surface area contributed by atoms with E-state index in [1.165, 1.54) is 47.7 Å². The van der Waals surface area contributed by atoms with Crippen LogP contribution in [0.1, 0.15) is 60.6 Å². The Morgan fingerprint density at radius 1 is 0.951 bits per heavy atom. The quantitative estimate of drug-likeness (QED) is 0.310. The lowest BCUT2D eigenvalue weighted by Gasteiger charge is -2.29. The van der Waals surface area contributed by atoms with Crippen LogP contribution in [0.3, 0.4) is 0 Å². The first kappa shape index (κ1) is 28.2. The van der Waals surface area contributed by atoms with Crippen molar-refractivity contribution < 1.29 is 18.4 Å². The number of likely N-dealkylation sites (tertiary alicyclic amines) is 1. The summed E-state index contributed by atoms with van der Waals surface area (Å²) in [6.07, 6.45) is 4.95. The fourth-order valence-electron chi connectivity index (χ4n) is 5.00. The SMILES string of the molecule is CC1CC1.O=C(NCc1cccc(F)c1)c1c(CN2CCCCC2=O)n(-c2ccccc2)c(=O)c2c(F)cccc12. The molecule has 2 heterocycles. The maximum atomic E-state index is 15.1. The second-order valence-corrected chi connectivity index (χ2v) is 10.7. The third kappa shape index (κ3) is 6.53. The summed E-state index contributed by atoms with van der Waals surface area (Å²) < 4.78 is 30.1. The summed E-state index contributed by atoms with van der Waals surface area (Å²) in [5.74, 6) is -0.707. The van der Waals surface area contributed by atoms with Gasteiger partial charge in [0.25, 0.3) is 11.5 Å². The van der Waals surface area contributed by atoms with E-state index in [0.29, 0.717) is 29.9 Å². The number of pyridine rings is 1. The van der Waals surface area contributed by atoms with Gasteiger partial charge in [-0.3, -0.25) is 19.0 Å². The third-order valence-electron chi connectivity index (χ3n) is 7.47. The molecule has 2 amide bonds. The highest BCUT2D eigenvalue weighted by Crippen LogP contribution is 2.27. The van der Waals surface area contributed by atoms with Crippen LogP contribution in [0.5, 0.6) is 0 Å². The fourth-order valence-corrected chi connectivity index (χ4v) is 5.00. The molecule has 0 atom stereocenters. The standard InChI is InChI=1S/C29H25F2N3O3.C4H8/c30-20-9-6-8-19(16-20)17-32-28(36)27-22-12-7-13-23(31)26(22)29(37)34(21-10-2-1-3-11-21)24(27)18-33-15-5-4-14-25(33)35;1-4-2-3-4/h1-3,6-13,16H,4-5,14-15,17-18H2,(H,32,36);4H,2-3H2,1H3. The number of carbonyl (C=O) groups is 2. The summed E-state index contributed by atoms with van der Waals surface area (Å²) >= 11 is 0. The van der Waals surface area contributed by atoms with E-state index in [1.54, 1.807) is 47.4 Å². The van der Waals surface area contributed by atoms with Crippen LogP contribution >= 0.6 is 0 Å². The van der Waals surface area contributed by atoms with Gasteiger partial charge in [0.1, 0.15) is 11.6 Å². The number of hydrogen-bond acceptors (Lipinski definition) is 3. The molecule has 1 aromatic heterocycles. The maximum absolute atomic E-state index is 15.1. The second kappa shape index (κ2) is 12.5. The van der Waals surface area contributed by atoms with Gasteiger partial charge >= 0.3 is 0 Å². The lowest BCUT2D eigenvalue weighted by atomic mass is 10.00. The summed E-state index contributed by atoms with van der Waals surface area (Å²) in [6.45, 7) is 2.81. The third-order valence-corrected chi connectivity index (χ3v) is 7.47. The van der Waals surface area contributed by atoms with Crippen molar-refractivity contribution in [1.29, 1.82) is 0 Å². The van der Waals surface area contributed by atoms with E-state index in [-0.39, 0.29) is 35.3 Å². The topological polar surface area (TPSA) is 71.4 Å². The molecule has 1 aliphatic carbocycles. The molecule has 1 aliphatic heterocycles. The molecule has 0 unspecified atom stereocenters. The molecule has 1 saturated carbocycles. The van der Waals surface area contributed by atoms with E-state index in [0.717, 1.165) is 18.8 Å². The predicted molar refractivity (Wildman–Crippen MR) is 155 cm³/mol. The Morgan fingerprint density at radius 3 is 2.37 bits per heavy atom. The lowest BCUT2D eigenvalue weighted by Crippen LogP contribution is -2.39. The predicted octanol–water partition coefficient (Wildman–Crippen LogP) is 6.13. The molecule has 6 rings (SSSR count). The van der Waals surface area contributed by atoms with Gasteiger partial charge in [-0.2, -0.15) is 0 Å². The number of halogens is 2. The number of aromatic nitrogens is 1. The Hall–Kier alpha value is -4.33. The van der Waals surface area contributed by atoms with E-state index < -0.39 is 23.1 Å². The summed E-state index contributed by atoms with van der Waals surface area (Å²) in [4.78, 5) is 41.8. The number of hydrogen-bond donors (Lipinski definition) is 1. The Kier molecular flexibility index (Phi) is 8.57. The maximum Gasteiger partial charge on any atom is 0.266 e. The number of piperidine rings is 1. The van der Waals surface area contributed by atoms with Crippen LogP contribution in [-0.4, -0.2) is 27.8 Å². The van der Waals surface area contributed by atoms with Crippen LogP contribution in [0.25, 0.3) is 16.5 Å². The van der Waals surface area contributed by atoms with Crippen molar-refractivity contribution in [2.75, 3.05) is 6.54 Å². The molecular weight excluding hydrogens is 524 g/mol. The number of fused-ring (bicyclic) bond motifs is 1. The Morgan fingerprint density at radius 2 is 1.68 bits per heavy atom. The van der Waals surface area contributed by atoms with Crippen LogP contribution in [0.2, 0.25) is 0 Å². The number of benzene rings is 3. The molecular formula is C33H33F2N3O3. The van der Waals surface area contributed by atoms with Crippen molar-refractivity contribution >= 4 is 22.6 Å². The monoisotopic (exact) mass is 557 g/mol. The second-order valence-electron chi connectivity index (χ2n) is 10.7. The number of carbonyl (C=O) groups excluding carboxylic acids is 2. The number of para-hydroxylation sites is 1.